The zero-order valence-corrected chi connectivity index (χ0v) is 14.7. The largest absolute Gasteiger partial charge is 0.453 e. The van der Waals surface area contributed by atoms with Crippen LogP contribution in [0, 0.1) is 5.41 Å². The Balaban J connectivity index is 1.65. The fraction of sp³-hybridized carbons (Fsp3) is 0.500. The predicted molar refractivity (Wildman–Crippen MR) is 96.1 cm³/mol. The molecular formula is C20H26N2O3. The normalized spacial score (nSPS) is 19.6. The first-order chi connectivity index (χ1) is 12.1. The highest BCUT2D eigenvalue weighted by molar-refractivity contribution is 5.86. The van der Waals surface area contributed by atoms with E-state index in [0.29, 0.717) is 11.8 Å². The van der Waals surface area contributed by atoms with Crippen molar-refractivity contribution in [1.29, 1.82) is 0 Å². The van der Waals surface area contributed by atoms with Crippen LogP contribution in [-0.4, -0.2) is 43.1 Å². The maximum Gasteiger partial charge on any atom is 0.407 e. The quantitative estimate of drug-likeness (QED) is 0.856. The van der Waals surface area contributed by atoms with Gasteiger partial charge in [0.2, 0.25) is 5.91 Å². The van der Waals surface area contributed by atoms with Gasteiger partial charge in [-0.1, -0.05) is 42.5 Å². The standard InChI is InChI=1S/C20H26N2O3/c1-25-19(24)21-17(15-16-7-3-2-4-8-16)18(23)22-13-11-20(12-14-22)9-5-6-10-20/h2-8,17H,9-15H2,1H3,(H,21,24). The minimum absolute atomic E-state index is 0.0185. The molecule has 3 rings (SSSR count). The molecule has 5 heteroatoms. The Morgan fingerprint density at radius 1 is 1.16 bits per heavy atom. The number of carbonyl (C=O) groups excluding carboxylic acids is 2. The molecule has 1 saturated heterocycles. The van der Waals surface area contributed by atoms with Crippen molar-refractivity contribution in [3.63, 3.8) is 0 Å². The molecule has 25 heavy (non-hydrogen) atoms. The van der Waals surface area contributed by atoms with Crippen LogP contribution in [0.2, 0.25) is 0 Å². The van der Waals surface area contributed by atoms with Crippen LogP contribution >= 0.6 is 0 Å². The van der Waals surface area contributed by atoms with E-state index in [2.05, 4.69) is 17.5 Å². The molecule has 1 aliphatic heterocycles. The van der Waals surface area contributed by atoms with Crippen LogP contribution in [0.5, 0.6) is 0 Å². The summed E-state index contributed by atoms with van der Waals surface area (Å²) in [4.78, 5) is 26.6. The lowest BCUT2D eigenvalue weighted by Gasteiger charge is -2.40. The van der Waals surface area contributed by atoms with Gasteiger partial charge in [0, 0.05) is 19.5 Å². The van der Waals surface area contributed by atoms with Gasteiger partial charge in [0.05, 0.1) is 7.11 Å². The van der Waals surface area contributed by atoms with E-state index in [1.807, 2.05) is 35.2 Å². The molecule has 1 atom stereocenters. The number of piperidine rings is 1. The summed E-state index contributed by atoms with van der Waals surface area (Å²) >= 11 is 0. The Hall–Kier alpha value is -2.30. The molecule has 1 aromatic carbocycles. The highest BCUT2D eigenvalue weighted by Crippen LogP contribution is 2.42. The molecule has 0 aromatic heterocycles. The number of hydrogen-bond donors (Lipinski definition) is 1. The van der Waals surface area contributed by atoms with Crippen molar-refractivity contribution in [3.8, 4) is 0 Å². The average Bonchev–Trinajstić information content (AvgIpc) is 3.10. The van der Waals surface area contributed by atoms with E-state index < -0.39 is 12.1 Å². The summed E-state index contributed by atoms with van der Waals surface area (Å²) in [7, 11) is 1.32. The van der Waals surface area contributed by atoms with Crippen molar-refractivity contribution in [1.82, 2.24) is 10.2 Å². The van der Waals surface area contributed by atoms with Crippen LogP contribution < -0.4 is 5.32 Å². The molecule has 1 N–H and O–H groups in total. The Bertz CT molecular complexity index is 624. The average molecular weight is 342 g/mol. The third-order valence-corrected chi connectivity index (χ3v) is 5.46. The molecule has 134 valence electrons. The Labute approximate surface area is 149 Å². The van der Waals surface area contributed by atoms with Gasteiger partial charge in [0.1, 0.15) is 6.04 Å². The first-order valence-electron chi connectivity index (χ1n) is 8.94. The molecule has 0 radical (unpaired) electrons. The molecule has 1 aliphatic carbocycles. The van der Waals surface area contributed by atoms with Gasteiger partial charge >= 0.3 is 6.09 Å². The number of allylic oxidation sites excluding steroid dienone is 2. The van der Waals surface area contributed by atoms with E-state index in [4.69, 9.17) is 4.74 Å². The Morgan fingerprint density at radius 3 is 2.40 bits per heavy atom. The second kappa shape index (κ2) is 7.72. The number of benzene rings is 1. The number of amides is 2. The van der Waals surface area contributed by atoms with Gasteiger partial charge in [0.15, 0.2) is 0 Å². The first kappa shape index (κ1) is 17.5. The van der Waals surface area contributed by atoms with Gasteiger partial charge in [-0.3, -0.25) is 4.79 Å². The topological polar surface area (TPSA) is 58.6 Å². The summed E-state index contributed by atoms with van der Waals surface area (Å²) in [5.41, 5.74) is 1.38. The van der Waals surface area contributed by atoms with Crippen molar-refractivity contribution >= 4 is 12.0 Å². The Kier molecular flexibility index (Phi) is 5.41. The van der Waals surface area contributed by atoms with E-state index in [9.17, 15) is 9.59 Å². The predicted octanol–water partition coefficient (Wildman–Crippen LogP) is 2.91. The SMILES string of the molecule is COC(=O)NC(Cc1ccccc1)C(=O)N1CCC2(CC=CC2)CC1. The van der Waals surface area contributed by atoms with Crippen LogP contribution in [-0.2, 0) is 16.0 Å². The summed E-state index contributed by atoms with van der Waals surface area (Å²) in [6.45, 7) is 1.52. The highest BCUT2D eigenvalue weighted by Gasteiger charge is 2.37. The lowest BCUT2D eigenvalue weighted by atomic mass is 9.76. The number of alkyl carbamates (subject to hydrolysis) is 1. The molecule has 2 aliphatic rings. The molecule has 1 unspecified atom stereocenters. The van der Waals surface area contributed by atoms with E-state index in [0.717, 1.165) is 44.3 Å². The number of nitrogens with one attached hydrogen (secondary N) is 1. The van der Waals surface area contributed by atoms with E-state index in [1.165, 1.54) is 7.11 Å². The van der Waals surface area contributed by atoms with Crippen molar-refractivity contribution in [2.75, 3.05) is 20.2 Å². The van der Waals surface area contributed by atoms with Gasteiger partial charge in [-0.05, 0) is 36.7 Å². The minimum Gasteiger partial charge on any atom is -0.453 e. The maximum absolute atomic E-state index is 13.0. The highest BCUT2D eigenvalue weighted by atomic mass is 16.5. The van der Waals surface area contributed by atoms with Crippen LogP contribution in [0.25, 0.3) is 0 Å². The number of methoxy groups -OCH3 is 1. The molecule has 2 amide bonds. The Morgan fingerprint density at radius 2 is 1.80 bits per heavy atom. The number of carbonyl (C=O) groups is 2. The van der Waals surface area contributed by atoms with Crippen LogP contribution in [0.4, 0.5) is 4.79 Å². The lowest BCUT2D eigenvalue weighted by Crippen LogP contribution is -2.52. The number of rotatable bonds is 4. The summed E-state index contributed by atoms with van der Waals surface area (Å²) in [5, 5.41) is 2.71. The molecule has 1 heterocycles. The zero-order valence-electron chi connectivity index (χ0n) is 14.7. The fourth-order valence-corrected chi connectivity index (χ4v) is 3.83. The molecule has 1 aromatic rings. The smallest absolute Gasteiger partial charge is 0.407 e. The van der Waals surface area contributed by atoms with Crippen molar-refractivity contribution in [2.45, 2.75) is 38.1 Å². The number of hydrogen-bond acceptors (Lipinski definition) is 3. The van der Waals surface area contributed by atoms with Crippen molar-refractivity contribution < 1.29 is 14.3 Å². The summed E-state index contributed by atoms with van der Waals surface area (Å²) in [5.74, 6) is -0.0185. The molecule has 5 nitrogen and oxygen atoms in total. The number of likely N-dealkylation sites (tertiary alicyclic amines) is 1. The molecular weight excluding hydrogens is 316 g/mol. The van der Waals surface area contributed by atoms with Gasteiger partial charge in [-0.15, -0.1) is 0 Å². The number of ether oxygens (including phenoxy) is 1. The van der Waals surface area contributed by atoms with E-state index in [1.54, 1.807) is 0 Å². The van der Waals surface area contributed by atoms with E-state index in [-0.39, 0.29) is 5.91 Å². The van der Waals surface area contributed by atoms with E-state index >= 15 is 0 Å². The second-order valence-corrected chi connectivity index (χ2v) is 7.08. The van der Waals surface area contributed by atoms with Crippen molar-refractivity contribution in [3.05, 3.63) is 48.0 Å². The second-order valence-electron chi connectivity index (χ2n) is 7.08. The molecule has 0 bridgehead atoms. The molecule has 1 fully saturated rings. The monoisotopic (exact) mass is 342 g/mol. The summed E-state index contributed by atoms with van der Waals surface area (Å²) in [6.07, 6.45) is 8.74. The van der Waals surface area contributed by atoms with Crippen LogP contribution in [0.3, 0.4) is 0 Å². The summed E-state index contributed by atoms with van der Waals surface area (Å²) in [6, 6.07) is 9.15. The van der Waals surface area contributed by atoms with Gasteiger partial charge in [-0.2, -0.15) is 0 Å². The van der Waals surface area contributed by atoms with Crippen LogP contribution in [0.15, 0.2) is 42.5 Å². The molecule has 0 saturated carbocycles. The first-order valence-corrected chi connectivity index (χ1v) is 8.94. The van der Waals surface area contributed by atoms with Gasteiger partial charge < -0.3 is 15.0 Å². The number of nitrogens with zero attached hydrogens (tertiary/aromatic N) is 1. The lowest BCUT2D eigenvalue weighted by molar-refractivity contribution is -0.135. The maximum atomic E-state index is 13.0. The zero-order chi connectivity index (χ0) is 17.7. The van der Waals surface area contributed by atoms with Crippen molar-refractivity contribution in [2.24, 2.45) is 5.41 Å². The van der Waals surface area contributed by atoms with Crippen LogP contribution in [0.1, 0.15) is 31.2 Å². The molecule has 1 spiro atoms. The third kappa shape index (κ3) is 4.21. The summed E-state index contributed by atoms with van der Waals surface area (Å²) < 4.78 is 4.70. The minimum atomic E-state index is -0.592. The fourth-order valence-electron chi connectivity index (χ4n) is 3.83. The van der Waals surface area contributed by atoms with Gasteiger partial charge in [0.25, 0.3) is 0 Å². The third-order valence-electron chi connectivity index (χ3n) is 5.46. The van der Waals surface area contributed by atoms with Gasteiger partial charge in [-0.25, -0.2) is 4.79 Å².